The number of rotatable bonds is 4. The lowest BCUT2D eigenvalue weighted by Gasteiger charge is -2.07. The van der Waals surface area contributed by atoms with Crippen LogP contribution in [-0.2, 0) is 0 Å². The molecule has 0 saturated carbocycles. The van der Waals surface area contributed by atoms with Crippen molar-refractivity contribution in [3.63, 3.8) is 0 Å². The number of thiophene rings is 1. The first kappa shape index (κ1) is 14.1. The zero-order valence-electron chi connectivity index (χ0n) is 9.88. The average Bonchev–Trinajstić information content (AvgIpc) is 2.78. The van der Waals surface area contributed by atoms with E-state index in [1.807, 2.05) is 13.0 Å². The molecular weight excluding hydrogens is 338 g/mol. The van der Waals surface area contributed by atoms with Gasteiger partial charge in [0.1, 0.15) is 0 Å². The number of hydrogen-bond acceptors (Lipinski definition) is 3. The van der Waals surface area contributed by atoms with Crippen LogP contribution in [0, 0.1) is 18.6 Å². The molecule has 0 saturated heterocycles. The van der Waals surface area contributed by atoms with E-state index in [1.165, 1.54) is 17.4 Å². The lowest BCUT2D eigenvalue weighted by Crippen LogP contribution is -2.11. The van der Waals surface area contributed by atoms with Crippen LogP contribution in [0.3, 0.4) is 0 Å². The molecule has 0 spiro atoms. The monoisotopic (exact) mass is 346 g/mol. The molecule has 100 valence electrons. The molecule has 2 rings (SSSR count). The topological polar surface area (TPSA) is 26.3 Å². The average molecular weight is 347 g/mol. The Morgan fingerprint density at radius 3 is 2.74 bits per heavy atom. The van der Waals surface area contributed by atoms with Gasteiger partial charge in [0.25, 0.3) is 0 Å². The second-order valence-corrected chi connectivity index (χ2v) is 6.03. The molecular formula is C13H9BrF2O2S. The molecule has 0 aliphatic carbocycles. The number of hydrogen-bond donors (Lipinski definition) is 0. The van der Waals surface area contributed by atoms with Crippen molar-refractivity contribution < 1.29 is 18.3 Å². The second-order valence-electron chi connectivity index (χ2n) is 3.82. The number of Topliss-reactive ketones (excluding diaryl/α,β-unsaturated/α-hetero) is 1. The van der Waals surface area contributed by atoms with Gasteiger partial charge in [-0.15, -0.1) is 11.3 Å². The Hall–Kier alpha value is -1.27. The van der Waals surface area contributed by atoms with Gasteiger partial charge in [-0.2, -0.15) is 4.39 Å². The SMILES string of the molecule is Cc1ccc(C(=O)COc2cc(Br)cc(F)c2F)s1. The zero-order valence-corrected chi connectivity index (χ0v) is 12.3. The van der Waals surface area contributed by atoms with Gasteiger partial charge in [0, 0.05) is 9.35 Å². The molecule has 19 heavy (non-hydrogen) atoms. The van der Waals surface area contributed by atoms with Crippen LogP contribution in [0.5, 0.6) is 5.75 Å². The lowest BCUT2D eigenvalue weighted by atomic mass is 10.3. The summed E-state index contributed by atoms with van der Waals surface area (Å²) in [6.07, 6.45) is 0. The van der Waals surface area contributed by atoms with Crippen molar-refractivity contribution in [2.75, 3.05) is 6.61 Å². The lowest BCUT2D eigenvalue weighted by molar-refractivity contribution is 0.0922. The summed E-state index contributed by atoms with van der Waals surface area (Å²) in [5.74, 6) is -2.67. The molecule has 1 heterocycles. The summed E-state index contributed by atoms with van der Waals surface area (Å²) in [5.41, 5.74) is 0. The highest BCUT2D eigenvalue weighted by atomic mass is 79.9. The first-order valence-electron chi connectivity index (χ1n) is 5.34. The van der Waals surface area contributed by atoms with E-state index in [1.54, 1.807) is 6.07 Å². The van der Waals surface area contributed by atoms with Gasteiger partial charge >= 0.3 is 0 Å². The van der Waals surface area contributed by atoms with Crippen molar-refractivity contribution in [3.05, 3.63) is 50.1 Å². The number of carbonyl (C=O) groups excluding carboxylic acids is 1. The van der Waals surface area contributed by atoms with Crippen LogP contribution in [0.4, 0.5) is 8.78 Å². The van der Waals surface area contributed by atoms with Crippen molar-refractivity contribution in [2.24, 2.45) is 0 Å². The maximum atomic E-state index is 13.4. The molecule has 1 aromatic carbocycles. The molecule has 0 N–H and O–H groups in total. The highest BCUT2D eigenvalue weighted by Gasteiger charge is 2.14. The zero-order chi connectivity index (χ0) is 14.0. The van der Waals surface area contributed by atoms with Crippen molar-refractivity contribution in [3.8, 4) is 5.75 Å². The minimum Gasteiger partial charge on any atom is -0.482 e. The second kappa shape index (κ2) is 5.79. The Kier molecular flexibility index (Phi) is 4.31. The molecule has 0 atom stereocenters. The fourth-order valence-corrected chi connectivity index (χ4v) is 2.64. The van der Waals surface area contributed by atoms with Gasteiger partial charge in [0.05, 0.1) is 4.88 Å². The third kappa shape index (κ3) is 3.39. The summed E-state index contributed by atoms with van der Waals surface area (Å²) >= 11 is 4.37. The molecule has 0 aliphatic heterocycles. The largest absolute Gasteiger partial charge is 0.482 e. The standard InChI is InChI=1S/C13H9BrF2O2S/c1-7-2-3-12(19-7)10(17)6-18-11-5-8(14)4-9(15)13(11)16/h2-5H,6H2,1H3. The minimum absolute atomic E-state index is 0.266. The maximum absolute atomic E-state index is 13.4. The molecule has 1 aromatic heterocycles. The van der Waals surface area contributed by atoms with Crippen LogP contribution in [0.25, 0.3) is 0 Å². The Morgan fingerprint density at radius 2 is 2.11 bits per heavy atom. The van der Waals surface area contributed by atoms with Crippen LogP contribution in [-0.4, -0.2) is 12.4 Å². The number of halogens is 3. The highest BCUT2D eigenvalue weighted by molar-refractivity contribution is 9.10. The van der Waals surface area contributed by atoms with Crippen molar-refractivity contribution >= 4 is 33.0 Å². The van der Waals surface area contributed by atoms with Crippen molar-refractivity contribution in [1.82, 2.24) is 0 Å². The van der Waals surface area contributed by atoms with Crippen LogP contribution >= 0.6 is 27.3 Å². The van der Waals surface area contributed by atoms with Gasteiger partial charge in [-0.25, -0.2) is 4.39 Å². The fourth-order valence-electron chi connectivity index (χ4n) is 1.44. The normalized spacial score (nSPS) is 10.5. The molecule has 0 aliphatic rings. The minimum atomic E-state index is -1.10. The third-order valence-electron chi connectivity index (χ3n) is 2.33. The van der Waals surface area contributed by atoms with Gasteiger partial charge < -0.3 is 4.74 Å². The van der Waals surface area contributed by atoms with E-state index < -0.39 is 11.6 Å². The molecule has 2 nitrogen and oxygen atoms in total. The van der Waals surface area contributed by atoms with E-state index in [0.29, 0.717) is 9.35 Å². The van der Waals surface area contributed by atoms with E-state index in [0.717, 1.165) is 10.9 Å². The molecule has 0 unspecified atom stereocenters. The highest BCUT2D eigenvalue weighted by Crippen LogP contribution is 2.25. The molecule has 0 fully saturated rings. The number of benzene rings is 1. The van der Waals surface area contributed by atoms with Gasteiger partial charge in [0.2, 0.25) is 11.6 Å². The third-order valence-corrected chi connectivity index (χ3v) is 3.83. The Morgan fingerprint density at radius 1 is 1.37 bits per heavy atom. The molecule has 6 heteroatoms. The molecule has 0 bridgehead atoms. The number of carbonyl (C=O) groups is 1. The summed E-state index contributed by atoms with van der Waals surface area (Å²) < 4.78 is 31.9. The summed E-state index contributed by atoms with van der Waals surface area (Å²) in [4.78, 5) is 13.3. The number of ether oxygens (including phenoxy) is 1. The van der Waals surface area contributed by atoms with Gasteiger partial charge in [-0.3, -0.25) is 4.79 Å². The fraction of sp³-hybridized carbons (Fsp3) is 0.154. The van der Waals surface area contributed by atoms with E-state index in [4.69, 9.17) is 4.74 Å². The van der Waals surface area contributed by atoms with Gasteiger partial charge in [0.15, 0.2) is 18.2 Å². The Labute approximate surface area is 121 Å². The van der Waals surface area contributed by atoms with E-state index in [2.05, 4.69) is 15.9 Å². The first-order chi connectivity index (χ1) is 8.97. The van der Waals surface area contributed by atoms with Crippen LogP contribution < -0.4 is 4.74 Å². The van der Waals surface area contributed by atoms with Crippen LogP contribution in [0.1, 0.15) is 14.5 Å². The summed E-state index contributed by atoms with van der Waals surface area (Å²) in [6, 6.07) is 5.78. The van der Waals surface area contributed by atoms with E-state index in [9.17, 15) is 13.6 Å². The molecule has 0 amide bonds. The molecule has 0 radical (unpaired) electrons. The first-order valence-corrected chi connectivity index (χ1v) is 6.95. The summed E-state index contributed by atoms with van der Waals surface area (Å²) in [6.45, 7) is 1.55. The number of ketones is 1. The number of aryl methyl sites for hydroxylation is 1. The van der Waals surface area contributed by atoms with Crippen molar-refractivity contribution in [1.29, 1.82) is 0 Å². The van der Waals surface area contributed by atoms with Crippen LogP contribution in [0.2, 0.25) is 0 Å². The molecule has 2 aromatic rings. The quantitative estimate of drug-likeness (QED) is 0.607. The van der Waals surface area contributed by atoms with E-state index >= 15 is 0 Å². The predicted octanol–water partition coefficient (Wildman–Crippen LogP) is 4.36. The van der Waals surface area contributed by atoms with Crippen LogP contribution in [0.15, 0.2) is 28.7 Å². The summed E-state index contributed by atoms with van der Waals surface area (Å²) in [5, 5.41) is 0. The smallest absolute Gasteiger partial charge is 0.210 e. The van der Waals surface area contributed by atoms with Crippen molar-refractivity contribution in [2.45, 2.75) is 6.92 Å². The Balaban J connectivity index is 2.09. The predicted molar refractivity (Wildman–Crippen MR) is 72.9 cm³/mol. The maximum Gasteiger partial charge on any atom is 0.210 e. The van der Waals surface area contributed by atoms with Gasteiger partial charge in [-0.05, 0) is 31.2 Å². The van der Waals surface area contributed by atoms with E-state index in [-0.39, 0.29) is 18.1 Å². The Bertz CT molecular complexity index is 625. The van der Waals surface area contributed by atoms with Gasteiger partial charge in [-0.1, -0.05) is 15.9 Å². The summed E-state index contributed by atoms with van der Waals surface area (Å²) in [7, 11) is 0.